The molecule has 0 bridgehead atoms. The van der Waals surface area contributed by atoms with E-state index in [2.05, 4.69) is 25.7 Å². The number of aromatic nitrogens is 3. The van der Waals surface area contributed by atoms with E-state index in [0.29, 0.717) is 11.5 Å². The summed E-state index contributed by atoms with van der Waals surface area (Å²) in [5.74, 6) is -0.975. The smallest absolute Gasteiger partial charge is 0.426 e. The fourth-order valence-electron chi connectivity index (χ4n) is 2.09. The normalized spacial score (nSPS) is 10.4. The highest BCUT2D eigenvalue weighted by molar-refractivity contribution is 7.13. The number of benzene rings is 1. The maximum Gasteiger partial charge on any atom is 0.426 e. The predicted octanol–water partition coefficient (Wildman–Crippen LogP) is 2.53. The van der Waals surface area contributed by atoms with Crippen LogP contribution in [0.3, 0.4) is 0 Å². The van der Waals surface area contributed by atoms with Crippen LogP contribution in [0.1, 0.15) is 17.5 Å². The molecule has 134 valence electrons. The Bertz CT molecular complexity index is 926. The molecule has 0 fully saturated rings. The lowest BCUT2D eigenvalue weighted by atomic mass is 10.3. The quantitative estimate of drug-likeness (QED) is 0.683. The van der Waals surface area contributed by atoms with Crippen LogP contribution in [0.5, 0.6) is 0 Å². The van der Waals surface area contributed by atoms with Crippen LogP contribution >= 0.6 is 11.3 Å². The van der Waals surface area contributed by atoms with Crippen LogP contribution in [0.25, 0.3) is 16.4 Å². The topological polar surface area (TPSA) is 98.1 Å². The minimum absolute atomic E-state index is 0.163. The molecule has 1 aromatic carbocycles. The molecule has 0 aliphatic heterocycles. The Kier molecular flexibility index (Phi) is 5.23. The number of nitrogens with one attached hydrogen (secondary N) is 2. The number of thiophene rings is 1. The molecule has 2 N–H and O–H groups in total. The van der Waals surface area contributed by atoms with Crippen LogP contribution in [-0.2, 0) is 4.74 Å². The van der Waals surface area contributed by atoms with Crippen molar-refractivity contribution in [2.75, 3.05) is 6.61 Å². The zero-order valence-electron chi connectivity index (χ0n) is 13.6. The summed E-state index contributed by atoms with van der Waals surface area (Å²) >= 11 is 1.40. The standard InChI is InChI=1S/C16H14FN5O3S/c1-2-25-16(24)20-19-15(23)13-18-14(12-7-4-8-26-12)22(21-13)11-6-3-5-10(17)9-11/h3-9H,2H2,1H3,(H,19,23)(H,20,24). The number of carbonyl (C=O) groups excluding carboxylic acids is 2. The summed E-state index contributed by atoms with van der Waals surface area (Å²) in [5, 5.41) is 5.99. The summed E-state index contributed by atoms with van der Waals surface area (Å²) in [6.07, 6.45) is -0.802. The fourth-order valence-corrected chi connectivity index (χ4v) is 2.79. The number of carbonyl (C=O) groups is 2. The van der Waals surface area contributed by atoms with Crippen molar-refractivity contribution in [3.63, 3.8) is 0 Å². The Balaban J connectivity index is 1.92. The molecule has 0 radical (unpaired) electrons. The van der Waals surface area contributed by atoms with Gasteiger partial charge in [0.25, 0.3) is 0 Å². The van der Waals surface area contributed by atoms with Crippen molar-refractivity contribution in [3.8, 4) is 16.4 Å². The van der Waals surface area contributed by atoms with Crippen LogP contribution in [-0.4, -0.2) is 33.4 Å². The number of ether oxygens (including phenoxy) is 1. The molecule has 0 saturated heterocycles. The molecule has 8 nitrogen and oxygen atoms in total. The third-order valence-electron chi connectivity index (χ3n) is 3.16. The van der Waals surface area contributed by atoms with Gasteiger partial charge in [-0.1, -0.05) is 12.1 Å². The van der Waals surface area contributed by atoms with E-state index in [4.69, 9.17) is 0 Å². The van der Waals surface area contributed by atoms with Crippen molar-refractivity contribution >= 4 is 23.3 Å². The molecule has 3 aromatic rings. The van der Waals surface area contributed by atoms with E-state index in [1.165, 1.54) is 34.2 Å². The molecule has 0 spiro atoms. The lowest BCUT2D eigenvalue weighted by molar-refractivity contribution is 0.0902. The van der Waals surface area contributed by atoms with Crippen LogP contribution in [0, 0.1) is 5.82 Å². The highest BCUT2D eigenvalue weighted by Gasteiger charge is 2.20. The first-order valence-electron chi connectivity index (χ1n) is 7.58. The van der Waals surface area contributed by atoms with Crippen molar-refractivity contribution in [1.29, 1.82) is 0 Å². The van der Waals surface area contributed by atoms with Crippen molar-refractivity contribution in [2.24, 2.45) is 0 Å². The summed E-state index contributed by atoms with van der Waals surface area (Å²) in [4.78, 5) is 28.4. The molecule has 10 heteroatoms. The lowest BCUT2D eigenvalue weighted by Gasteiger charge is -2.05. The summed E-state index contributed by atoms with van der Waals surface area (Å²) in [6.45, 7) is 1.80. The van der Waals surface area contributed by atoms with Crippen molar-refractivity contribution < 1.29 is 18.7 Å². The van der Waals surface area contributed by atoms with Crippen LogP contribution in [0.4, 0.5) is 9.18 Å². The van der Waals surface area contributed by atoms with Crippen LogP contribution in [0.15, 0.2) is 41.8 Å². The number of rotatable bonds is 4. The molecule has 0 aliphatic carbocycles. The van der Waals surface area contributed by atoms with Crippen LogP contribution in [0.2, 0.25) is 0 Å². The second-order valence-corrected chi connectivity index (χ2v) is 5.88. The van der Waals surface area contributed by atoms with Gasteiger partial charge in [0.05, 0.1) is 17.2 Å². The van der Waals surface area contributed by atoms with E-state index in [9.17, 15) is 14.0 Å². The van der Waals surface area contributed by atoms with Gasteiger partial charge in [-0.3, -0.25) is 10.2 Å². The van der Waals surface area contributed by atoms with E-state index in [1.54, 1.807) is 13.0 Å². The lowest BCUT2D eigenvalue weighted by Crippen LogP contribution is -2.42. The number of halogens is 1. The molecule has 0 unspecified atom stereocenters. The Labute approximate surface area is 151 Å². The van der Waals surface area contributed by atoms with Gasteiger partial charge in [-0.2, -0.15) is 0 Å². The minimum atomic E-state index is -0.802. The monoisotopic (exact) mass is 375 g/mol. The molecule has 0 aliphatic rings. The third-order valence-corrected chi connectivity index (χ3v) is 4.02. The maximum atomic E-state index is 13.6. The first-order valence-corrected chi connectivity index (χ1v) is 8.46. The first-order chi connectivity index (χ1) is 12.6. The second kappa shape index (κ2) is 7.74. The molecule has 2 heterocycles. The van der Waals surface area contributed by atoms with Gasteiger partial charge in [0.1, 0.15) is 5.82 Å². The summed E-state index contributed by atoms with van der Waals surface area (Å²) < 4.78 is 19.6. The van der Waals surface area contributed by atoms with E-state index >= 15 is 0 Å². The van der Waals surface area contributed by atoms with E-state index < -0.39 is 17.8 Å². The van der Waals surface area contributed by atoms with Gasteiger partial charge in [-0.15, -0.1) is 16.4 Å². The van der Waals surface area contributed by atoms with Gasteiger partial charge >= 0.3 is 12.0 Å². The van der Waals surface area contributed by atoms with Gasteiger partial charge in [-0.05, 0) is 36.6 Å². The molecule has 26 heavy (non-hydrogen) atoms. The number of nitrogens with zero attached hydrogens (tertiary/aromatic N) is 3. The average Bonchev–Trinajstić information content (AvgIpc) is 3.29. The van der Waals surface area contributed by atoms with Gasteiger partial charge in [-0.25, -0.2) is 24.3 Å². The Hall–Kier alpha value is -3.27. The van der Waals surface area contributed by atoms with E-state index in [-0.39, 0.29) is 12.4 Å². The fraction of sp³-hybridized carbons (Fsp3) is 0.125. The van der Waals surface area contributed by atoms with E-state index in [1.807, 2.05) is 17.5 Å². The Morgan fingerprint density at radius 3 is 2.81 bits per heavy atom. The summed E-state index contributed by atoms with van der Waals surface area (Å²) in [6, 6.07) is 9.40. The summed E-state index contributed by atoms with van der Waals surface area (Å²) in [5.41, 5.74) is 4.66. The van der Waals surface area contributed by atoms with Gasteiger partial charge < -0.3 is 4.74 Å². The first kappa shape index (κ1) is 17.5. The SMILES string of the molecule is CCOC(=O)NNC(=O)c1nc(-c2cccs2)n(-c2cccc(F)c2)n1. The molecular weight excluding hydrogens is 361 g/mol. The minimum Gasteiger partial charge on any atom is -0.449 e. The summed E-state index contributed by atoms with van der Waals surface area (Å²) in [7, 11) is 0. The molecular formula is C16H14FN5O3S. The maximum absolute atomic E-state index is 13.6. The van der Waals surface area contributed by atoms with Crippen molar-refractivity contribution in [3.05, 3.63) is 53.4 Å². The molecule has 0 saturated carbocycles. The van der Waals surface area contributed by atoms with Gasteiger partial charge in [0, 0.05) is 0 Å². The molecule has 0 atom stereocenters. The molecule has 2 amide bonds. The number of hydrazine groups is 1. The van der Waals surface area contributed by atoms with Gasteiger partial charge in [0.15, 0.2) is 5.82 Å². The predicted molar refractivity (Wildman–Crippen MR) is 92.3 cm³/mol. The highest BCUT2D eigenvalue weighted by Crippen LogP contribution is 2.25. The molecule has 2 aromatic heterocycles. The van der Waals surface area contributed by atoms with Gasteiger partial charge in [0.2, 0.25) is 5.82 Å². The second-order valence-electron chi connectivity index (χ2n) is 4.93. The number of hydrogen-bond donors (Lipinski definition) is 2. The van der Waals surface area contributed by atoms with Crippen molar-refractivity contribution in [1.82, 2.24) is 25.6 Å². The largest absolute Gasteiger partial charge is 0.449 e. The third kappa shape index (κ3) is 3.86. The Morgan fingerprint density at radius 1 is 1.27 bits per heavy atom. The molecule has 3 rings (SSSR count). The zero-order valence-corrected chi connectivity index (χ0v) is 14.4. The average molecular weight is 375 g/mol. The van der Waals surface area contributed by atoms with Crippen molar-refractivity contribution in [2.45, 2.75) is 6.92 Å². The highest BCUT2D eigenvalue weighted by atomic mass is 32.1. The van der Waals surface area contributed by atoms with E-state index in [0.717, 1.165) is 4.88 Å². The number of amides is 2. The number of hydrogen-bond acceptors (Lipinski definition) is 6. The van der Waals surface area contributed by atoms with Crippen LogP contribution < -0.4 is 10.9 Å². The Morgan fingerprint density at radius 2 is 2.12 bits per heavy atom. The zero-order chi connectivity index (χ0) is 18.5.